The van der Waals surface area contributed by atoms with Gasteiger partial charge in [0.2, 0.25) is 0 Å². The van der Waals surface area contributed by atoms with Gasteiger partial charge >= 0.3 is 33.3 Å². The molecule has 13 heteroatoms. The molecule has 2 saturated carbocycles. The van der Waals surface area contributed by atoms with E-state index in [-0.39, 0.29) is 55.7 Å². The SMILES string of the molecule is CC(=O)O[C@]1(C(C)=O)CC[C@H]2[C@@H]3C=C(C)C4=CC(=O)CC[C@]4(C)[C@H]3CC[C@@]21C.CC(=O)[O-].CC(=O)[O-].CC(=O)[O-].CC(=O)[O-].CC1Cc2cccc3cc4c(ccc5ccccc54)c1c23.[Pb+4]. The van der Waals surface area contributed by atoms with Crippen molar-refractivity contribution in [2.45, 2.75) is 126 Å². The average molecular weight is 1100 g/mol. The van der Waals surface area contributed by atoms with Gasteiger partial charge in [0.15, 0.2) is 17.2 Å². The van der Waals surface area contributed by atoms with E-state index in [1.165, 1.54) is 62.4 Å². The van der Waals surface area contributed by atoms with Gasteiger partial charge in [-0.1, -0.05) is 87.0 Å². The van der Waals surface area contributed by atoms with E-state index >= 15 is 0 Å². The van der Waals surface area contributed by atoms with Gasteiger partial charge in [0.1, 0.15) is 0 Å². The molecule has 9 rings (SSSR count). The summed E-state index contributed by atoms with van der Waals surface area (Å²) >= 11 is 0. The van der Waals surface area contributed by atoms with Gasteiger partial charge in [0.25, 0.3) is 0 Å². The van der Waals surface area contributed by atoms with Crippen LogP contribution in [-0.2, 0) is 44.7 Å². The molecule has 0 bridgehead atoms. The van der Waals surface area contributed by atoms with E-state index in [1.54, 1.807) is 12.5 Å². The molecule has 7 atom stereocenters. The first kappa shape index (κ1) is 55.1. The molecular weight excluding hydrogens is 1040 g/mol. The number of aliphatic carboxylic acids is 4. The van der Waals surface area contributed by atoms with Gasteiger partial charge in [-0.05, 0) is 170 Å². The van der Waals surface area contributed by atoms with Gasteiger partial charge < -0.3 is 44.3 Å². The number of allylic oxidation sites excluding steroid dienone is 4. The summed E-state index contributed by atoms with van der Waals surface area (Å²) in [6.45, 7) is 15.9. The van der Waals surface area contributed by atoms with E-state index in [1.807, 2.05) is 6.08 Å². The fourth-order valence-electron chi connectivity index (χ4n) is 11.6. The van der Waals surface area contributed by atoms with Crippen LogP contribution in [0.1, 0.15) is 125 Å². The maximum absolute atomic E-state index is 12.8. The number of hydrogen-bond acceptors (Lipinski definition) is 12. The van der Waals surface area contributed by atoms with Crippen LogP contribution in [0.25, 0.3) is 32.3 Å². The number of rotatable bonds is 2. The van der Waals surface area contributed by atoms with Crippen LogP contribution in [0.2, 0.25) is 0 Å². The Bertz CT molecular complexity index is 2530. The first-order valence-corrected chi connectivity index (χ1v) is 22.0. The Morgan fingerprint density at radius 2 is 1.24 bits per heavy atom. The van der Waals surface area contributed by atoms with E-state index in [9.17, 15) is 14.4 Å². The number of ketones is 2. The van der Waals surface area contributed by atoms with Crippen molar-refractivity contribution in [3.8, 4) is 0 Å². The van der Waals surface area contributed by atoms with Gasteiger partial charge in [-0.3, -0.25) is 14.4 Å². The second kappa shape index (κ2) is 22.5. The van der Waals surface area contributed by atoms with Gasteiger partial charge in [0, 0.05) is 42.6 Å². The zero-order valence-electron chi connectivity index (χ0n) is 39.6. The van der Waals surface area contributed by atoms with Crippen LogP contribution in [-0.4, -0.2) is 74.3 Å². The number of carbonyl (C=O) groups is 7. The van der Waals surface area contributed by atoms with Crippen LogP contribution in [0.4, 0.5) is 0 Å². The normalized spacial score (nSPS) is 25.9. The second-order valence-electron chi connectivity index (χ2n) is 18.3. The van der Waals surface area contributed by atoms with Gasteiger partial charge in [-0.2, -0.15) is 0 Å². The minimum atomic E-state index is -1.08. The molecule has 5 aliphatic carbocycles. The molecule has 348 valence electrons. The van der Waals surface area contributed by atoms with Gasteiger partial charge in [-0.15, -0.1) is 0 Å². The minimum Gasteiger partial charge on any atom is -0.550 e. The van der Waals surface area contributed by atoms with E-state index < -0.39 is 29.5 Å². The Morgan fingerprint density at radius 3 is 1.82 bits per heavy atom. The molecule has 4 aromatic rings. The van der Waals surface area contributed by atoms with Crippen LogP contribution in [0, 0.1) is 28.6 Å². The van der Waals surface area contributed by atoms with E-state index in [4.69, 9.17) is 44.3 Å². The zero-order chi connectivity index (χ0) is 48.8. The van der Waals surface area contributed by atoms with Crippen molar-refractivity contribution in [3.05, 3.63) is 95.1 Å². The molecule has 0 aliphatic heterocycles. The molecular formula is C53H60O12Pb. The van der Waals surface area contributed by atoms with Crippen LogP contribution in [0.3, 0.4) is 0 Å². The molecule has 12 nitrogen and oxygen atoms in total. The number of esters is 1. The summed E-state index contributed by atoms with van der Waals surface area (Å²) in [5.74, 6) is -2.68. The number of ether oxygens (including phenoxy) is 1. The predicted molar refractivity (Wildman–Crippen MR) is 246 cm³/mol. The van der Waals surface area contributed by atoms with E-state index in [0.717, 1.165) is 53.4 Å². The number of Topliss-reactive ketones (excluding diaryl/α,β-unsaturated/α-hetero) is 1. The molecule has 4 aromatic carbocycles. The number of carbonyl (C=O) groups excluding carboxylic acids is 7. The molecule has 0 saturated heterocycles. The number of fused-ring (bicyclic) bond motifs is 9. The fourth-order valence-corrected chi connectivity index (χ4v) is 11.6. The van der Waals surface area contributed by atoms with Crippen molar-refractivity contribution in [3.63, 3.8) is 0 Å². The van der Waals surface area contributed by atoms with Gasteiger partial charge in [-0.25, -0.2) is 0 Å². The van der Waals surface area contributed by atoms with Crippen LogP contribution in [0.15, 0.2) is 84.0 Å². The first-order chi connectivity index (χ1) is 30.3. The molecule has 0 radical (unpaired) electrons. The molecule has 66 heavy (non-hydrogen) atoms. The zero-order valence-corrected chi connectivity index (χ0v) is 43.5. The summed E-state index contributed by atoms with van der Waals surface area (Å²) < 4.78 is 5.82. The van der Waals surface area contributed by atoms with Gasteiger partial charge in [0.05, 0.1) is 0 Å². The quantitative estimate of drug-likeness (QED) is 0.112. The van der Waals surface area contributed by atoms with Crippen LogP contribution >= 0.6 is 0 Å². The smallest absolute Gasteiger partial charge is 0.550 e. The van der Waals surface area contributed by atoms with Crippen molar-refractivity contribution in [1.82, 2.24) is 0 Å². The largest absolute Gasteiger partial charge is 4.00 e. The third-order valence-corrected chi connectivity index (χ3v) is 13.9. The average Bonchev–Trinajstić information content (AvgIpc) is 3.69. The first-order valence-electron chi connectivity index (χ1n) is 22.0. The molecule has 0 heterocycles. The summed E-state index contributed by atoms with van der Waals surface area (Å²) in [4.78, 5) is 72.3. The van der Waals surface area contributed by atoms with Crippen LogP contribution < -0.4 is 20.4 Å². The number of carboxylic acids is 4. The maximum Gasteiger partial charge on any atom is 4.00 e. The van der Waals surface area contributed by atoms with Crippen molar-refractivity contribution in [2.24, 2.45) is 28.6 Å². The molecule has 2 fully saturated rings. The third kappa shape index (κ3) is 11.8. The predicted octanol–water partition coefficient (Wildman–Crippen LogP) is 5.03. The fraction of sp³-hybridized carbons (Fsp3) is 0.453. The Balaban J connectivity index is 0.000000266. The second-order valence-corrected chi connectivity index (χ2v) is 18.3. The summed E-state index contributed by atoms with van der Waals surface area (Å²) in [5.41, 5.74) is 4.23. The summed E-state index contributed by atoms with van der Waals surface area (Å²) in [5, 5.41) is 44.0. The minimum absolute atomic E-state index is 0. The van der Waals surface area contributed by atoms with E-state index in [2.05, 4.69) is 94.4 Å². The third-order valence-electron chi connectivity index (χ3n) is 13.9. The van der Waals surface area contributed by atoms with Crippen LogP contribution in [0.5, 0.6) is 0 Å². The molecule has 0 amide bonds. The number of benzene rings is 4. The van der Waals surface area contributed by atoms with Crippen molar-refractivity contribution in [1.29, 1.82) is 0 Å². The Hall–Kier alpha value is -5.25. The Labute approximate surface area is 407 Å². The Kier molecular flexibility index (Phi) is 18.8. The Morgan fingerprint density at radius 1 is 0.682 bits per heavy atom. The molecule has 0 spiro atoms. The monoisotopic (exact) mass is 1100 g/mol. The summed E-state index contributed by atoms with van der Waals surface area (Å²) in [6.07, 6.45) is 10.4. The molecule has 1 unspecified atom stereocenters. The standard InChI is InChI=1S/C24H32O4.C21H16.4C2H4O2.Pb/c1-14-12-18-19(22(4)9-6-17(27)13-21(14)22)7-10-23(5)20(18)8-11-24(23,15(2)25)28-16(3)26;1-13-11-15-6-4-7-16-12-19-17-8-3-2-5-14(17)9-10-18(19)20(13)21(15)16;4*1-2(3)4;/h12-13,18-20H,6-11H2,1-5H3;2-10,12-13H,11H2,1H3;4*1H3,(H,3,4);/q;;;;;;+4/p-4/t18-,19+,20+,22-,23+,24+;;;;;;/m1....../s1. The number of hydrogen-bond donors (Lipinski definition) is 0. The summed E-state index contributed by atoms with van der Waals surface area (Å²) in [6, 6.07) is 22.5. The van der Waals surface area contributed by atoms with Crippen molar-refractivity contribution in [2.75, 3.05) is 0 Å². The van der Waals surface area contributed by atoms with Crippen molar-refractivity contribution >= 4 is 101 Å². The van der Waals surface area contributed by atoms with Crippen molar-refractivity contribution < 1.29 is 58.7 Å². The summed E-state index contributed by atoms with van der Waals surface area (Å²) in [7, 11) is 0. The number of carboxylic acid groups (broad SMARTS) is 4. The molecule has 0 N–H and O–H groups in total. The molecule has 5 aliphatic rings. The maximum atomic E-state index is 12.8. The topological polar surface area (TPSA) is 221 Å². The molecule has 0 aromatic heterocycles. The van der Waals surface area contributed by atoms with E-state index in [0.29, 0.717) is 36.5 Å².